The van der Waals surface area contributed by atoms with Crippen molar-refractivity contribution >= 4 is 23.2 Å². The number of nitrogens with zero attached hydrogens (tertiary/aromatic N) is 6. The Morgan fingerprint density at radius 1 is 1.16 bits per heavy atom. The molecule has 3 aromatic rings. The van der Waals surface area contributed by atoms with Crippen molar-refractivity contribution in [2.75, 3.05) is 27.2 Å². The summed E-state index contributed by atoms with van der Waals surface area (Å²) in [7, 11) is 3.87. The number of carbonyl (C=O) groups excluding carboxylic acids is 1. The number of rotatable bonds is 8. The van der Waals surface area contributed by atoms with Crippen LogP contribution in [0.4, 0.5) is 5.69 Å². The van der Waals surface area contributed by atoms with Gasteiger partial charge in [-0.15, -0.1) is 5.10 Å². The number of hydrogen-bond donors (Lipinski definition) is 0. The summed E-state index contributed by atoms with van der Waals surface area (Å²) in [6.45, 7) is 3.25. The van der Waals surface area contributed by atoms with Gasteiger partial charge in [-0.1, -0.05) is 35.0 Å². The lowest BCUT2D eigenvalue weighted by molar-refractivity contribution is -0.384. The number of nitro groups is 1. The summed E-state index contributed by atoms with van der Waals surface area (Å²) in [5.41, 5.74) is 2.02. The summed E-state index contributed by atoms with van der Waals surface area (Å²) in [5.74, 6) is -0.268. The average molecular weight is 443 g/mol. The van der Waals surface area contributed by atoms with Crippen LogP contribution in [0, 0.1) is 17.0 Å². The van der Waals surface area contributed by atoms with Gasteiger partial charge in [0.05, 0.1) is 16.3 Å². The molecule has 0 radical (unpaired) electrons. The lowest BCUT2D eigenvalue weighted by Crippen LogP contribution is -2.36. The van der Waals surface area contributed by atoms with Crippen molar-refractivity contribution in [3.05, 3.63) is 80.6 Å². The molecule has 0 bridgehead atoms. The van der Waals surface area contributed by atoms with E-state index in [1.807, 2.05) is 37.2 Å². The smallest absolute Gasteiger partial charge is 0.276 e. The molecule has 0 N–H and O–H groups in total. The number of non-ortho nitro benzene ring substituents is 1. The third-order valence-corrected chi connectivity index (χ3v) is 4.98. The second-order valence-corrected chi connectivity index (χ2v) is 7.81. The number of likely N-dealkylation sites (N-methyl/N-ethyl adjacent to an activating group) is 1. The maximum Gasteiger partial charge on any atom is 0.276 e. The van der Waals surface area contributed by atoms with Crippen LogP contribution in [0.25, 0.3) is 5.69 Å². The lowest BCUT2D eigenvalue weighted by Gasteiger charge is -2.24. The molecule has 1 heterocycles. The van der Waals surface area contributed by atoms with Crippen molar-refractivity contribution in [3.63, 3.8) is 0 Å². The van der Waals surface area contributed by atoms with Gasteiger partial charge >= 0.3 is 0 Å². The molecule has 0 aliphatic carbocycles. The Labute approximate surface area is 185 Å². The molecule has 10 heteroatoms. The minimum absolute atomic E-state index is 0.0613. The van der Waals surface area contributed by atoms with E-state index in [9.17, 15) is 14.9 Å². The summed E-state index contributed by atoms with van der Waals surface area (Å²) in [4.78, 5) is 27.6. The first-order valence-electron chi connectivity index (χ1n) is 9.62. The van der Waals surface area contributed by atoms with Crippen LogP contribution in [0.2, 0.25) is 5.02 Å². The van der Waals surface area contributed by atoms with Crippen molar-refractivity contribution in [1.82, 2.24) is 24.8 Å². The fourth-order valence-electron chi connectivity index (χ4n) is 3.09. The highest BCUT2D eigenvalue weighted by Crippen LogP contribution is 2.20. The summed E-state index contributed by atoms with van der Waals surface area (Å²) in [6.07, 6.45) is 0. The van der Waals surface area contributed by atoms with Crippen LogP contribution in [-0.4, -0.2) is 62.8 Å². The lowest BCUT2D eigenvalue weighted by atomic mass is 10.2. The predicted molar refractivity (Wildman–Crippen MR) is 117 cm³/mol. The highest BCUT2D eigenvalue weighted by atomic mass is 35.5. The van der Waals surface area contributed by atoms with Crippen molar-refractivity contribution in [1.29, 1.82) is 0 Å². The molecular formula is C21H23ClN6O3. The molecule has 0 saturated carbocycles. The normalized spacial score (nSPS) is 11.0. The fourth-order valence-corrected chi connectivity index (χ4v) is 3.30. The van der Waals surface area contributed by atoms with Gasteiger partial charge in [0.2, 0.25) is 0 Å². The Morgan fingerprint density at radius 3 is 2.58 bits per heavy atom. The van der Waals surface area contributed by atoms with E-state index in [0.717, 1.165) is 5.56 Å². The molecular weight excluding hydrogens is 420 g/mol. The van der Waals surface area contributed by atoms with E-state index < -0.39 is 4.92 Å². The summed E-state index contributed by atoms with van der Waals surface area (Å²) < 4.78 is 1.43. The highest BCUT2D eigenvalue weighted by molar-refractivity contribution is 6.30. The Balaban J connectivity index is 1.90. The molecule has 0 aliphatic rings. The quantitative estimate of drug-likeness (QED) is 0.392. The topological polar surface area (TPSA) is 97.4 Å². The van der Waals surface area contributed by atoms with Gasteiger partial charge in [-0.25, -0.2) is 4.68 Å². The maximum absolute atomic E-state index is 13.3. The predicted octanol–water partition coefficient (Wildman–Crippen LogP) is 3.34. The number of amides is 1. The van der Waals surface area contributed by atoms with Crippen molar-refractivity contribution in [2.24, 2.45) is 0 Å². The van der Waals surface area contributed by atoms with E-state index in [-0.39, 0.29) is 17.3 Å². The van der Waals surface area contributed by atoms with E-state index in [4.69, 9.17) is 11.6 Å². The zero-order valence-electron chi connectivity index (χ0n) is 17.5. The largest absolute Gasteiger partial charge is 0.332 e. The molecule has 1 aromatic heterocycles. The van der Waals surface area contributed by atoms with E-state index in [1.54, 1.807) is 30.0 Å². The Bertz CT molecular complexity index is 1100. The maximum atomic E-state index is 13.3. The number of benzene rings is 2. The Kier molecular flexibility index (Phi) is 6.98. The van der Waals surface area contributed by atoms with E-state index in [1.165, 1.54) is 16.8 Å². The van der Waals surface area contributed by atoms with Crippen molar-refractivity contribution in [2.45, 2.75) is 13.5 Å². The molecule has 0 aliphatic heterocycles. The van der Waals surface area contributed by atoms with Crippen LogP contribution < -0.4 is 0 Å². The Hall–Kier alpha value is -3.30. The van der Waals surface area contributed by atoms with Gasteiger partial charge in [0.15, 0.2) is 5.69 Å². The number of halogens is 1. The van der Waals surface area contributed by atoms with Gasteiger partial charge < -0.3 is 9.80 Å². The minimum Gasteiger partial charge on any atom is -0.332 e. The molecule has 0 spiro atoms. The average Bonchev–Trinajstić information content (AvgIpc) is 3.12. The molecule has 0 unspecified atom stereocenters. The van der Waals surface area contributed by atoms with Gasteiger partial charge in [-0.3, -0.25) is 14.9 Å². The highest BCUT2D eigenvalue weighted by Gasteiger charge is 2.24. The van der Waals surface area contributed by atoms with Crippen molar-refractivity contribution in [3.8, 4) is 5.69 Å². The SMILES string of the molecule is Cc1c(C(=O)N(CCN(C)C)Cc2cccc(Cl)c2)nnn1-c1cccc([N+](=O)[O-])c1. The summed E-state index contributed by atoms with van der Waals surface area (Å²) >= 11 is 6.10. The van der Waals surface area contributed by atoms with Crippen molar-refractivity contribution < 1.29 is 9.72 Å². The standard InChI is InChI=1S/C21H23ClN6O3/c1-15-20(23-24-27(15)18-8-5-9-19(13-18)28(30)31)21(29)26(11-10-25(2)3)14-16-6-4-7-17(22)12-16/h4-9,12-13H,10-11,14H2,1-3H3. The molecule has 0 saturated heterocycles. The first-order chi connectivity index (χ1) is 14.8. The first-order valence-corrected chi connectivity index (χ1v) is 9.99. The zero-order valence-corrected chi connectivity index (χ0v) is 18.3. The monoisotopic (exact) mass is 442 g/mol. The van der Waals surface area contributed by atoms with Gasteiger partial charge in [0.1, 0.15) is 0 Å². The summed E-state index contributed by atoms with van der Waals surface area (Å²) in [6, 6.07) is 13.4. The molecule has 0 atom stereocenters. The summed E-state index contributed by atoms with van der Waals surface area (Å²) in [5, 5.41) is 19.8. The van der Waals surface area contributed by atoms with Gasteiger partial charge in [0, 0.05) is 36.8 Å². The minimum atomic E-state index is -0.476. The number of nitro benzene ring substituents is 1. The number of carbonyl (C=O) groups is 1. The van der Waals surface area contributed by atoms with E-state index in [2.05, 4.69) is 10.3 Å². The molecule has 2 aromatic carbocycles. The van der Waals surface area contributed by atoms with Crippen LogP contribution in [0.5, 0.6) is 0 Å². The van der Waals surface area contributed by atoms with Crippen LogP contribution >= 0.6 is 11.6 Å². The molecule has 31 heavy (non-hydrogen) atoms. The third-order valence-electron chi connectivity index (χ3n) is 4.75. The Morgan fingerprint density at radius 2 is 1.90 bits per heavy atom. The first kappa shape index (κ1) is 22.4. The number of aromatic nitrogens is 3. The third kappa shape index (κ3) is 5.44. The van der Waals surface area contributed by atoms with Crippen LogP contribution in [-0.2, 0) is 6.54 Å². The second kappa shape index (κ2) is 9.67. The molecule has 1 amide bonds. The van der Waals surface area contributed by atoms with Gasteiger partial charge in [0.25, 0.3) is 11.6 Å². The zero-order chi connectivity index (χ0) is 22.5. The molecule has 162 valence electrons. The van der Waals surface area contributed by atoms with Crippen LogP contribution in [0.1, 0.15) is 21.7 Å². The molecule has 9 nitrogen and oxygen atoms in total. The van der Waals surface area contributed by atoms with E-state index >= 15 is 0 Å². The number of hydrogen-bond acceptors (Lipinski definition) is 6. The van der Waals surface area contributed by atoms with E-state index in [0.29, 0.717) is 36.0 Å². The van der Waals surface area contributed by atoms with Crippen LogP contribution in [0.3, 0.4) is 0 Å². The van der Waals surface area contributed by atoms with Crippen LogP contribution in [0.15, 0.2) is 48.5 Å². The molecule has 0 fully saturated rings. The fraction of sp³-hybridized carbons (Fsp3) is 0.286. The van der Waals surface area contributed by atoms with Gasteiger partial charge in [-0.2, -0.15) is 0 Å². The second-order valence-electron chi connectivity index (χ2n) is 7.37. The molecule has 3 rings (SSSR count). The van der Waals surface area contributed by atoms with Gasteiger partial charge in [-0.05, 0) is 44.8 Å².